The number of hydrogen-bond donors (Lipinski definition) is 4. The molecule has 0 radical (unpaired) electrons. The van der Waals surface area contributed by atoms with Crippen molar-refractivity contribution in [1.29, 1.82) is 0 Å². The molecule has 14 heteroatoms. The minimum absolute atomic E-state index is 0.0467. The number of azo groups is 2. The predicted octanol–water partition coefficient (Wildman–Crippen LogP) is 13.4. The fourth-order valence-corrected chi connectivity index (χ4v) is 6.23. The Bertz CT molecular complexity index is 2500. The van der Waals surface area contributed by atoms with Crippen molar-refractivity contribution in [1.82, 2.24) is 0 Å². The number of nitrogens with one attached hydrogen (secondary N) is 2. The Morgan fingerprint density at radius 3 is 1.28 bits per heavy atom. The number of anilines is 2. The summed E-state index contributed by atoms with van der Waals surface area (Å²) in [7, 11) is 0. The molecule has 7 aromatic rings. The van der Waals surface area contributed by atoms with Gasteiger partial charge in [-0.25, -0.2) is 0 Å². The SMILES string of the molecule is O=C(Nc1ccc(NC(=O)c2cc3ccccc3c(N=Nc3cccc(Cl)c3Cl)c2O)cc1)c1cc2ccccc2c(N=Nc2cccc(Cl)c2Cl)c1O. The van der Waals surface area contributed by atoms with Gasteiger partial charge < -0.3 is 20.8 Å². The number of phenols is 2. The summed E-state index contributed by atoms with van der Waals surface area (Å²) in [5, 5.41) is 48.3. The van der Waals surface area contributed by atoms with E-state index in [1.807, 2.05) is 0 Å². The quantitative estimate of drug-likeness (QED) is 0.113. The number of carbonyl (C=O) groups is 2. The fourth-order valence-electron chi connectivity index (χ4n) is 5.56. The lowest BCUT2D eigenvalue weighted by atomic mass is 10.0. The van der Waals surface area contributed by atoms with Gasteiger partial charge in [-0.2, -0.15) is 0 Å². The maximum absolute atomic E-state index is 13.5. The van der Waals surface area contributed by atoms with Gasteiger partial charge in [0.05, 0.1) is 31.2 Å². The standard InChI is InChI=1S/C40H24Cl4N6O4/c41-29-11-5-13-31(33(29)43)47-49-35-25-9-3-1-7-21(25)19-27(37(35)51)39(53)45-23-15-17-24(18-16-23)46-40(54)28-20-22-8-2-4-10-26(22)36(38(28)52)50-48-32-14-6-12-30(42)34(32)44/h1-20,51-52H,(H,45,53)(H,46,54). The molecule has 7 rings (SSSR count). The fraction of sp³-hybridized carbons (Fsp3) is 0. The molecule has 7 aromatic carbocycles. The van der Waals surface area contributed by atoms with E-state index in [0.29, 0.717) is 43.0 Å². The lowest BCUT2D eigenvalue weighted by molar-refractivity contribution is 0.101. The van der Waals surface area contributed by atoms with E-state index in [9.17, 15) is 19.8 Å². The van der Waals surface area contributed by atoms with Gasteiger partial charge in [0, 0.05) is 22.1 Å². The van der Waals surface area contributed by atoms with E-state index in [0.717, 1.165) is 0 Å². The molecule has 0 aromatic heterocycles. The lowest BCUT2D eigenvalue weighted by Gasteiger charge is -2.13. The Hall–Kier alpha value is -6.04. The van der Waals surface area contributed by atoms with Crippen molar-refractivity contribution >= 4 is 114 Å². The molecule has 0 heterocycles. The summed E-state index contributed by atoms with van der Waals surface area (Å²) >= 11 is 24.8. The average Bonchev–Trinajstić information content (AvgIpc) is 3.17. The summed E-state index contributed by atoms with van der Waals surface area (Å²) in [5.41, 5.74) is 1.37. The lowest BCUT2D eigenvalue weighted by Crippen LogP contribution is -2.13. The van der Waals surface area contributed by atoms with Crippen LogP contribution in [0.5, 0.6) is 11.5 Å². The zero-order valence-corrected chi connectivity index (χ0v) is 30.6. The zero-order valence-electron chi connectivity index (χ0n) is 27.6. The molecule has 2 amide bonds. The van der Waals surface area contributed by atoms with Crippen LogP contribution in [0.4, 0.5) is 34.1 Å². The van der Waals surface area contributed by atoms with E-state index in [2.05, 4.69) is 31.1 Å². The maximum atomic E-state index is 13.5. The Kier molecular flexibility index (Phi) is 10.4. The van der Waals surface area contributed by atoms with Crippen LogP contribution in [0.1, 0.15) is 20.7 Å². The first-order chi connectivity index (χ1) is 26.1. The number of phenolic OH excluding ortho intramolecular Hbond substituents is 2. The highest BCUT2D eigenvalue weighted by atomic mass is 35.5. The van der Waals surface area contributed by atoms with Gasteiger partial charge in [0.1, 0.15) is 22.7 Å². The normalized spacial score (nSPS) is 11.5. The van der Waals surface area contributed by atoms with E-state index in [1.54, 1.807) is 121 Å². The molecular weight excluding hydrogens is 770 g/mol. The highest BCUT2D eigenvalue weighted by molar-refractivity contribution is 6.44. The van der Waals surface area contributed by atoms with Crippen LogP contribution in [0.2, 0.25) is 20.1 Å². The second kappa shape index (κ2) is 15.5. The van der Waals surface area contributed by atoms with Crippen molar-refractivity contribution in [2.75, 3.05) is 10.6 Å². The zero-order chi connectivity index (χ0) is 37.9. The number of amides is 2. The first-order valence-corrected chi connectivity index (χ1v) is 17.5. The van der Waals surface area contributed by atoms with Crippen LogP contribution >= 0.6 is 46.4 Å². The number of fused-ring (bicyclic) bond motifs is 2. The second-order valence-corrected chi connectivity index (χ2v) is 13.3. The number of halogens is 4. The minimum Gasteiger partial charge on any atom is -0.505 e. The van der Waals surface area contributed by atoms with Crippen LogP contribution in [0.15, 0.2) is 142 Å². The minimum atomic E-state index is -0.617. The van der Waals surface area contributed by atoms with E-state index in [-0.39, 0.29) is 55.4 Å². The number of benzene rings is 7. The van der Waals surface area contributed by atoms with E-state index in [1.165, 1.54) is 0 Å². The topological polar surface area (TPSA) is 148 Å². The molecule has 4 N–H and O–H groups in total. The highest BCUT2D eigenvalue weighted by Crippen LogP contribution is 2.43. The molecule has 0 saturated heterocycles. The molecular formula is C40H24Cl4N6O4. The number of carbonyl (C=O) groups excluding carboxylic acids is 2. The first-order valence-electron chi connectivity index (χ1n) is 16.0. The molecule has 0 aliphatic rings. The van der Waals surface area contributed by atoms with E-state index < -0.39 is 11.8 Å². The van der Waals surface area contributed by atoms with Crippen LogP contribution in [-0.4, -0.2) is 22.0 Å². The molecule has 54 heavy (non-hydrogen) atoms. The van der Waals surface area contributed by atoms with Gasteiger partial charge in [0.25, 0.3) is 11.8 Å². The smallest absolute Gasteiger partial charge is 0.259 e. The molecule has 0 atom stereocenters. The van der Waals surface area contributed by atoms with Crippen LogP contribution in [-0.2, 0) is 0 Å². The van der Waals surface area contributed by atoms with Gasteiger partial charge in [-0.05, 0) is 71.4 Å². The third kappa shape index (κ3) is 7.41. The molecule has 10 nitrogen and oxygen atoms in total. The van der Waals surface area contributed by atoms with Gasteiger partial charge in [0.15, 0.2) is 11.5 Å². The van der Waals surface area contributed by atoms with E-state index >= 15 is 0 Å². The Morgan fingerprint density at radius 2 is 0.870 bits per heavy atom. The van der Waals surface area contributed by atoms with Crippen molar-refractivity contribution in [2.45, 2.75) is 0 Å². The number of aromatic hydroxyl groups is 2. The number of rotatable bonds is 8. The van der Waals surface area contributed by atoms with Crippen molar-refractivity contribution in [3.63, 3.8) is 0 Å². The summed E-state index contributed by atoms with van der Waals surface area (Å²) < 4.78 is 0. The predicted molar refractivity (Wildman–Crippen MR) is 215 cm³/mol. The summed E-state index contributed by atoms with van der Waals surface area (Å²) in [6.07, 6.45) is 0. The van der Waals surface area contributed by atoms with E-state index in [4.69, 9.17) is 46.4 Å². The molecule has 266 valence electrons. The molecule has 0 unspecified atom stereocenters. The van der Waals surface area contributed by atoms with Gasteiger partial charge in [-0.1, -0.05) is 107 Å². The summed E-state index contributed by atoms with van der Waals surface area (Å²) in [6, 6.07) is 33.4. The first kappa shape index (κ1) is 36.3. The third-order valence-corrected chi connectivity index (χ3v) is 9.88. The summed E-state index contributed by atoms with van der Waals surface area (Å²) in [5.74, 6) is -2.01. The molecule has 0 spiro atoms. The van der Waals surface area contributed by atoms with Crippen molar-refractivity contribution in [3.05, 3.63) is 153 Å². The van der Waals surface area contributed by atoms with Gasteiger partial charge in [0.2, 0.25) is 0 Å². The molecule has 0 saturated carbocycles. The van der Waals surface area contributed by atoms with Gasteiger partial charge >= 0.3 is 0 Å². The van der Waals surface area contributed by atoms with Crippen molar-refractivity contribution in [2.24, 2.45) is 20.5 Å². The average molecular weight is 794 g/mol. The molecule has 0 aliphatic heterocycles. The Morgan fingerprint density at radius 1 is 0.481 bits per heavy atom. The molecule has 0 fully saturated rings. The second-order valence-electron chi connectivity index (χ2n) is 11.7. The Balaban J connectivity index is 1.12. The molecule has 0 bridgehead atoms. The van der Waals surface area contributed by atoms with Crippen molar-refractivity contribution in [3.8, 4) is 11.5 Å². The third-order valence-electron chi connectivity index (χ3n) is 8.26. The summed E-state index contributed by atoms with van der Waals surface area (Å²) in [6.45, 7) is 0. The maximum Gasteiger partial charge on any atom is 0.259 e. The summed E-state index contributed by atoms with van der Waals surface area (Å²) in [4.78, 5) is 27.0. The van der Waals surface area contributed by atoms with Crippen LogP contribution < -0.4 is 10.6 Å². The largest absolute Gasteiger partial charge is 0.505 e. The van der Waals surface area contributed by atoms with Crippen molar-refractivity contribution < 1.29 is 19.8 Å². The van der Waals surface area contributed by atoms with Crippen LogP contribution in [0.3, 0.4) is 0 Å². The Labute approximate surface area is 327 Å². The number of hydrogen-bond acceptors (Lipinski definition) is 8. The monoisotopic (exact) mass is 792 g/mol. The van der Waals surface area contributed by atoms with Crippen LogP contribution in [0, 0.1) is 0 Å². The van der Waals surface area contributed by atoms with Crippen LogP contribution in [0.25, 0.3) is 21.5 Å². The molecule has 0 aliphatic carbocycles. The highest BCUT2D eigenvalue weighted by Gasteiger charge is 2.21. The number of nitrogens with zero attached hydrogens (tertiary/aromatic N) is 4. The van der Waals surface area contributed by atoms with Gasteiger partial charge in [-0.15, -0.1) is 20.5 Å². The van der Waals surface area contributed by atoms with Gasteiger partial charge in [-0.3, -0.25) is 9.59 Å².